The Hall–Kier alpha value is -3.23. The molecule has 1 aromatic heterocycles. The Labute approximate surface area is 210 Å². The Morgan fingerprint density at radius 2 is 1.71 bits per heavy atom. The molecular formula is C26H32ClN3O5. The van der Waals surface area contributed by atoms with E-state index in [2.05, 4.69) is 34.5 Å². The molecule has 1 saturated heterocycles. The highest BCUT2D eigenvalue weighted by molar-refractivity contribution is 6.02. The van der Waals surface area contributed by atoms with Gasteiger partial charge in [-0.25, -0.2) is 0 Å². The van der Waals surface area contributed by atoms with Crippen LogP contribution in [0.3, 0.4) is 0 Å². The lowest BCUT2D eigenvalue weighted by molar-refractivity contribution is 0.0930. The van der Waals surface area contributed by atoms with E-state index in [1.165, 1.54) is 24.4 Å². The van der Waals surface area contributed by atoms with Gasteiger partial charge in [0.25, 0.3) is 11.5 Å². The van der Waals surface area contributed by atoms with Gasteiger partial charge in [0, 0.05) is 31.6 Å². The average Bonchev–Trinajstić information content (AvgIpc) is 2.87. The van der Waals surface area contributed by atoms with Crippen LogP contribution in [0.15, 0.2) is 47.3 Å². The SMILES string of the molecule is COc1cc2c(O)c(C(=O)NCC3CCN(Cc4ccccc4)CC3)c(=O)n(C)c2cc1OC.Cl. The van der Waals surface area contributed by atoms with Crippen LogP contribution < -0.4 is 20.3 Å². The Morgan fingerprint density at radius 3 is 2.34 bits per heavy atom. The molecule has 1 aliphatic heterocycles. The molecule has 1 fully saturated rings. The van der Waals surface area contributed by atoms with Crippen molar-refractivity contribution in [2.75, 3.05) is 33.9 Å². The maximum Gasteiger partial charge on any atom is 0.267 e. The lowest BCUT2D eigenvalue weighted by atomic mass is 9.96. The number of methoxy groups -OCH3 is 2. The summed E-state index contributed by atoms with van der Waals surface area (Å²) in [6.45, 7) is 3.31. The number of likely N-dealkylation sites (tertiary alicyclic amines) is 1. The van der Waals surface area contributed by atoms with Crippen molar-refractivity contribution in [1.82, 2.24) is 14.8 Å². The molecule has 8 nitrogen and oxygen atoms in total. The van der Waals surface area contributed by atoms with Gasteiger partial charge in [0.2, 0.25) is 0 Å². The topological polar surface area (TPSA) is 93.0 Å². The minimum atomic E-state index is -0.568. The number of pyridine rings is 1. The molecule has 0 spiro atoms. The summed E-state index contributed by atoms with van der Waals surface area (Å²) in [7, 11) is 4.55. The number of rotatable bonds is 7. The smallest absolute Gasteiger partial charge is 0.267 e. The highest BCUT2D eigenvalue weighted by Gasteiger charge is 2.25. The van der Waals surface area contributed by atoms with E-state index in [0.29, 0.717) is 34.9 Å². The Morgan fingerprint density at radius 1 is 1.09 bits per heavy atom. The summed E-state index contributed by atoms with van der Waals surface area (Å²) in [4.78, 5) is 28.3. The monoisotopic (exact) mass is 501 g/mol. The van der Waals surface area contributed by atoms with Crippen molar-refractivity contribution in [3.05, 3.63) is 63.9 Å². The molecule has 0 bridgehead atoms. The number of hydrogen-bond acceptors (Lipinski definition) is 6. The summed E-state index contributed by atoms with van der Waals surface area (Å²) in [5.74, 6) is 0.236. The number of aromatic nitrogens is 1. The summed E-state index contributed by atoms with van der Waals surface area (Å²) in [5.41, 5.74) is 0.921. The van der Waals surface area contributed by atoms with E-state index in [1.54, 1.807) is 19.2 Å². The number of carbonyl (C=O) groups is 1. The van der Waals surface area contributed by atoms with Gasteiger partial charge in [0.15, 0.2) is 11.5 Å². The molecule has 9 heteroatoms. The first-order valence-electron chi connectivity index (χ1n) is 11.4. The normalized spacial score (nSPS) is 14.4. The molecule has 188 valence electrons. The lowest BCUT2D eigenvalue weighted by Gasteiger charge is -2.32. The molecule has 2 aromatic carbocycles. The molecule has 35 heavy (non-hydrogen) atoms. The largest absolute Gasteiger partial charge is 0.506 e. The molecule has 0 unspecified atom stereocenters. The molecule has 2 N–H and O–H groups in total. The van der Waals surface area contributed by atoms with Crippen molar-refractivity contribution in [3.63, 3.8) is 0 Å². The van der Waals surface area contributed by atoms with Gasteiger partial charge in [0.05, 0.1) is 19.7 Å². The first-order valence-corrected chi connectivity index (χ1v) is 11.4. The molecule has 0 atom stereocenters. The number of aromatic hydroxyl groups is 1. The quantitative estimate of drug-likeness (QED) is 0.516. The van der Waals surface area contributed by atoms with Crippen LogP contribution in [0.2, 0.25) is 0 Å². The number of benzene rings is 2. The van der Waals surface area contributed by atoms with Crippen molar-refractivity contribution < 1.29 is 19.4 Å². The van der Waals surface area contributed by atoms with Crippen LogP contribution in [0.5, 0.6) is 17.2 Å². The second-order valence-electron chi connectivity index (χ2n) is 8.73. The Kier molecular flexibility index (Phi) is 8.64. The van der Waals surface area contributed by atoms with Crippen molar-refractivity contribution in [2.24, 2.45) is 13.0 Å². The summed E-state index contributed by atoms with van der Waals surface area (Å²) < 4.78 is 12.0. The maximum atomic E-state index is 13.0. The number of fused-ring (bicyclic) bond motifs is 1. The van der Waals surface area contributed by atoms with Gasteiger partial charge in [-0.2, -0.15) is 0 Å². The number of nitrogens with zero attached hydrogens (tertiary/aromatic N) is 2. The third-order valence-electron chi connectivity index (χ3n) is 6.61. The summed E-state index contributed by atoms with van der Waals surface area (Å²) in [6, 6.07) is 13.6. The van der Waals surface area contributed by atoms with E-state index in [9.17, 15) is 14.7 Å². The van der Waals surface area contributed by atoms with Gasteiger partial charge in [-0.05, 0) is 43.5 Å². The maximum absolute atomic E-state index is 13.0. The predicted molar refractivity (Wildman–Crippen MR) is 138 cm³/mol. The van der Waals surface area contributed by atoms with Crippen LogP contribution in [0.4, 0.5) is 0 Å². The first-order chi connectivity index (χ1) is 16.4. The van der Waals surface area contributed by atoms with Crippen molar-refractivity contribution in [2.45, 2.75) is 19.4 Å². The molecule has 4 rings (SSSR count). The van der Waals surface area contributed by atoms with Crippen LogP contribution in [0.1, 0.15) is 28.8 Å². The zero-order valence-corrected chi connectivity index (χ0v) is 21.1. The van der Waals surface area contributed by atoms with Gasteiger partial charge < -0.3 is 24.5 Å². The Bertz CT molecular complexity index is 1240. The van der Waals surface area contributed by atoms with Gasteiger partial charge >= 0.3 is 0 Å². The lowest BCUT2D eigenvalue weighted by Crippen LogP contribution is -2.39. The fourth-order valence-electron chi connectivity index (χ4n) is 4.57. The van der Waals surface area contributed by atoms with Crippen LogP contribution in [-0.2, 0) is 13.6 Å². The van der Waals surface area contributed by atoms with Crippen molar-refractivity contribution in [1.29, 1.82) is 0 Å². The average molecular weight is 502 g/mol. The Balaban J connectivity index is 0.00000342. The number of hydrogen-bond donors (Lipinski definition) is 2. The fraction of sp³-hybridized carbons (Fsp3) is 0.385. The number of piperidine rings is 1. The second-order valence-corrected chi connectivity index (χ2v) is 8.73. The van der Waals surface area contributed by atoms with Gasteiger partial charge in [-0.3, -0.25) is 14.5 Å². The van der Waals surface area contributed by atoms with E-state index in [-0.39, 0.29) is 23.7 Å². The van der Waals surface area contributed by atoms with E-state index in [1.807, 2.05) is 6.07 Å². The van der Waals surface area contributed by atoms with Gasteiger partial charge in [-0.15, -0.1) is 12.4 Å². The second kappa shape index (κ2) is 11.5. The van der Waals surface area contributed by atoms with E-state index >= 15 is 0 Å². The van der Waals surface area contributed by atoms with E-state index < -0.39 is 11.5 Å². The number of carbonyl (C=O) groups excluding carboxylic acids is 1. The third-order valence-corrected chi connectivity index (χ3v) is 6.61. The molecule has 3 aromatic rings. The molecule has 1 aliphatic rings. The zero-order valence-electron chi connectivity index (χ0n) is 20.2. The number of amides is 1. The van der Waals surface area contributed by atoms with Crippen LogP contribution in [-0.4, -0.2) is 54.3 Å². The van der Waals surface area contributed by atoms with Crippen LogP contribution >= 0.6 is 12.4 Å². The molecule has 0 radical (unpaired) electrons. The molecular weight excluding hydrogens is 470 g/mol. The van der Waals surface area contributed by atoms with Crippen molar-refractivity contribution >= 4 is 29.2 Å². The number of aryl methyl sites for hydroxylation is 1. The highest BCUT2D eigenvalue weighted by atomic mass is 35.5. The van der Waals surface area contributed by atoms with Gasteiger partial charge in [-0.1, -0.05) is 30.3 Å². The van der Waals surface area contributed by atoms with Crippen molar-refractivity contribution in [3.8, 4) is 17.2 Å². The van der Waals surface area contributed by atoms with Crippen LogP contribution in [0.25, 0.3) is 10.9 Å². The molecule has 1 amide bonds. The summed E-state index contributed by atoms with van der Waals surface area (Å²) >= 11 is 0. The van der Waals surface area contributed by atoms with E-state index in [0.717, 1.165) is 32.5 Å². The minimum absolute atomic E-state index is 0. The minimum Gasteiger partial charge on any atom is -0.506 e. The zero-order chi connectivity index (χ0) is 24.2. The summed E-state index contributed by atoms with van der Waals surface area (Å²) in [5, 5.41) is 14.1. The van der Waals surface area contributed by atoms with E-state index in [4.69, 9.17) is 9.47 Å². The van der Waals surface area contributed by atoms with Crippen LogP contribution in [0, 0.1) is 5.92 Å². The number of halogens is 1. The number of nitrogens with one attached hydrogen (secondary N) is 1. The molecule has 0 saturated carbocycles. The first kappa shape index (κ1) is 26.4. The molecule has 0 aliphatic carbocycles. The molecule has 2 heterocycles. The fourth-order valence-corrected chi connectivity index (χ4v) is 4.57. The third kappa shape index (κ3) is 5.55. The standard InChI is InChI=1S/C26H31N3O5.ClH/c1-28-20-14-22(34-3)21(33-2)13-19(20)24(30)23(26(28)32)25(31)27-15-17-9-11-29(12-10-17)16-18-7-5-4-6-8-18;/h4-8,13-14,17,30H,9-12,15-16H2,1-3H3,(H,27,31);1H. The number of ether oxygens (including phenoxy) is 2. The predicted octanol–water partition coefficient (Wildman–Crippen LogP) is 3.33. The van der Waals surface area contributed by atoms with Gasteiger partial charge in [0.1, 0.15) is 11.3 Å². The highest BCUT2D eigenvalue weighted by Crippen LogP contribution is 2.36. The summed E-state index contributed by atoms with van der Waals surface area (Å²) in [6.07, 6.45) is 1.93.